The Kier molecular flexibility index (Phi) is 16.8. The van der Waals surface area contributed by atoms with E-state index in [0.717, 1.165) is 30.2 Å². The Labute approximate surface area is 378 Å². The Morgan fingerprint density at radius 2 is 0.638 bits per heavy atom. The fraction of sp³-hybridized carbons (Fsp3) is 0.867. The SMILES string of the molecule is Cc1ccc(C2(C(C)C)O[Si]([Si](C(C)C)(C([Si](C)(C)C)[Si](C)(C)C)C([Si](C)(C)C)[Si](C)(C)C)=[Si]2[Si](C(C)C)(C([Si](C)(C)C)[Si](C)(C)C)C([Si](C)(C)C)[Si](C)(C)C)cc1. The number of rotatable bonds is 18. The molecule has 0 amide bonds. The van der Waals surface area contributed by atoms with Crippen LogP contribution in [0.2, 0.25) is 187 Å². The van der Waals surface area contributed by atoms with Crippen LogP contribution in [0.4, 0.5) is 0 Å². The van der Waals surface area contributed by atoms with Gasteiger partial charge in [0.15, 0.2) is 7.65 Å². The fourth-order valence-corrected chi connectivity index (χ4v) is 230. The highest BCUT2D eigenvalue weighted by Gasteiger charge is 2.77. The van der Waals surface area contributed by atoms with Gasteiger partial charge in [-0.1, -0.05) is 253 Å². The summed E-state index contributed by atoms with van der Waals surface area (Å²) in [6, 6.07) is 10.2. The first-order valence-corrected chi connectivity index (χ1v) is 62.8. The summed E-state index contributed by atoms with van der Waals surface area (Å²) in [5.74, 6) is 0.490. The third kappa shape index (κ3) is 10.2. The van der Waals surface area contributed by atoms with Crippen molar-refractivity contribution in [3.8, 4) is 0 Å². The van der Waals surface area contributed by atoms with Gasteiger partial charge in [-0.05, 0) is 23.9 Å². The van der Waals surface area contributed by atoms with E-state index in [-0.39, 0.29) is 5.22 Å². The van der Waals surface area contributed by atoms with Gasteiger partial charge in [0.25, 0.3) is 0 Å². The van der Waals surface area contributed by atoms with Crippen molar-refractivity contribution < 1.29 is 4.43 Å². The van der Waals surface area contributed by atoms with Crippen LogP contribution in [0, 0.1) is 12.8 Å². The van der Waals surface area contributed by atoms with E-state index in [1.807, 2.05) is 0 Å². The van der Waals surface area contributed by atoms with Gasteiger partial charge < -0.3 is 4.43 Å². The molecular formula is C45H104OSi12. The highest BCUT2D eigenvalue weighted by Crippen LogP contribution is 2.65. The van der Waals surface area contributed by atoms with Gasteiger partial charge in [-0.15, -0.1) is 0 Å². The largest absolute Gasteiger partial charge is 0.550 e. The molecule has 58 heavy (non-hydrogen) atoms. The molecule has 0 aromatic heterocycles. The van der Waals surface area contributed by atoms with Gasteiger partial charge in [0, 0.05) is 64.6 Å². The highest BCUT2D eigenvalue weighted by molar-refractivity contribution is 7.64. The lowest BCUT2D eigenvalue weighted by Crippen LogP contribution is -2.88. The summed E-state index contributed by atoms with van der Waals surface area (Å²) in [6.07, 6.45) is 0. The van der Waals surface area contributed by atoms with Crippen LogP contribution < -0.4 is 0 Å². The minimum absolute atomic E-state index is 0.0990. The van der Waals surface area contributed by atoms with E-state index >= 15 is 0 Å². The molecule has 0 bridgehead atoms. The van der Waals surface area contributed by atoms with Crippen LogP contribution in [0.5, 0.6) is 0 Å². The van der Waals surface area contributed by atoms with Crippen molar-refractivity contribution in [1.82, 2.24) is 0 Å². The quantitative estimate of drug-likeness (QED) is 0.133. The van der Waals surface area contributed by atoms with Gasteiger partial charge in [-0.2, -0.15) is 0 Å². The molecule has 1 aromatic carbocycles. The van der Waals surface area contributed by atoms with Crippen molar-refractivity contribution in [1.29, 1.82) is 0 Å². The lowest BCUT2D eigenvalue weighted by atomic mass is 9.97. The maximum Gasteiger partial charge on any atom is 0.184 e. The third-order valence-electron chi connectivity index (χ3n) is 14.7. The summed E-state index contributed by atoms with van der Waals surface area (Å²) in [5, 5.41) is -0.0990. The van der Waals surface area contributed by atoms with E-state index in [1.165, 1.54) is 5.56 Å². The average Bonchev–Trinajstić information content (AvgIpc) is 2.86. The maximum atomic E-state index is 9.00. The van der Waals surface area contributed by atoms with Crippen LogP contribution in [-0.4, -0.2) is 94.8 Å². The molecule has 0 fully saturated rings. The number of hydrogen-bond donors (Lipinski definition) is 0. The van der Waals surface area contributed by atoms with Gasteiger partial charge in [-0.25, -0.2) is 0 Å². The van der Waals surface area contributed by atoms with E-state index in [9.17, 15) is 0 Å². The standard InChI is InChI=1S/C45H104OSi12/c1-36(2)45(40-34-32-39(7)33-35-40)46-48(58(38(5)6,43(53(20,21)22)54(23,24)25)44(55(26,27)28)56(29,30)31)47(45)57(37(3)4,41(49(8,9)10)50(11,12)13)42(51(14,15)16)52(17,18)19/h32-38,41-44H,1-31H3. The van der Waals surface area contributed by atoms with E-state index in [4.69, 9.17) is 4.43 Å². The zero-order valence-corrected chi connectivity index (χ0v) is 57.3. The molecule has 0 aliphatic carbocycles. The average molecular weight is 998 g/mol. The first-order chi connectivity index (χ1) is 25.3. The van der Waals surface area contributed by atoms with E-state index < -0.39 is 94.8 Å². The second-order valence-corrected chi connectivity index (χ2v) is 103. The molecule has 2 rings (SSSR count). The van der Waals surface area contributed by atoms with E-state index in [2.05, 4.69) is 230 Å². The molecular weight excluding hydrogens is 894 g/mol. The minimum Gasteiger partial charge on any atom is -0.550 e. The normalized spacial score (nSPS) is 19.1. The molecule has 0 radical (unpaired) electrons. The van der Waals surface area contributed by atoms with Crippen molar-refractivity contribution in [2.75, 3.05) is 0 Å². The summed E-state index contributed by atoms with van der Waals surface area (Å²) >= 11 is 0. The highest BCUT2D eigenvalue weighted by atomic mass is 29.6. The van der Waals surface area contributed by atoms with Gasteiger partial charge in [0.1, 0.15) is 12.8 Å². The van der Waals surface area contributed by atoms with Gasteiger partial charge >= 0.3 is 0 Å². The Morgan fingerprint density at radius 1 is 0.397 bits per heavy atom. The monoisotopic (exact) mass is 997 g/mol. The predicted molar refractivity (Wildman–Crippen MR) is 304 cm³/mol. The van der Waals surface area contributed by atoms with Crippen molar-refractivity contribution in [2.45, 2.75) is 241 Å². The molecule has 1 heterocycles. The Bertz CT molecular complexity index is 1470. The lowest BCUT2D eigenvalue weighted by molar-refractivity contribution is 0.0917. The lowest BCUT2D eigenvalue weighted by Gasteiger charge is -2.71. The molecule has 338 valence electrons. The first kappa shape index (κ1) is 55.8. The molecule has 1 unspecified atom stereocenters. The maximum absolute atomic E-state index is 9.00. The number of aryl methyl sites for hydroxylation is 1. The number of benzene rings is 1. The molecule has 13 heteroatoms. The van der Waals surface area contributed by atoms with Crippen molar-refractivity contribution in [3.05, 3.63) is 35.4 Å². The van der Waals surface area contributed by atoms with Crippen LogP contribution in [0.1, 0.15) is 52.7 Å². The van der Waals surface area contributed by atoms with Crippen LogP contribution in [0.25, 0.3) is 0 Å². The summed E-state index contributed by atoms with van der Waals surface area (Å²) in [6.45, 7) is 88.5. The zero-order chi connectivity index (χ0) is 46.4. The molecule has 1 aliphatic heterocycles. The fourth-order valence-electron chi connectivity index (χ4n) is 16.6. The van der Waals surface area contributed by atoms with Gasteiger partial charge in [-0.3, -0.25) is 0 Å². The molecule has 0 N–H and O–H groups in total. The van der Waals surface area contributed by atoms with Crippen molar-refractivity contribution in [2.24, 2.45) is 5.92 Å². The summed E-state index contributed by atoms with van der Waals surface area (Å²) < 4.78 is 9.00. The zero-order valence-electron chi connectivity index (χ0n) is 45.3. The number of hydrogen-bond acceptors (Lipinski definition) is 1. The Hall–Kier alpha value is 1.62. The topological polar surface area (TPSA) is 9.23 Å². The molecule has 1 aromatic rings. The Morgan fingerprint density at radius 3 is 0.845 bits per heavy atom. The molecule has 0 saturated carbocycles. The van der Waals surface area contributed by atoms with E-state index in [1.54, 1.807) is 5.56 Å². The molecule has 1 aliphatic rings. The predicted octanol–water partition coefficient (Wildman–Crippen LogP) is 16.4. The smallest absolute Gasteiger partial charge is 0.184 e. The van der Waals surface area contributed by atoms with Crippen LogP contribution in [-0.2, 0) is 9.65 Å². The summed E-state index contributed by atoms with van der Waals surface area (Å²) in [4.78, 5) is 3.93. The summed E-state index contributed by atoms with van der Waals surface area (Å²) in [5.41, 5.74) is 4.57. The molecule has 1 nitrogen and oxygen atoms in total. The minimum atomic E-state index is -2.27. The van der Waals surface area contributed by atoms with Gasteiger partial charge in [0.2, 0.25) is 0 Å². The second-order valence-electron chi connectivity index (χ2n) is 29.4. The molecule has 0 spiro atoms. The molecule has 0 saturated heterocycles. The Balaban J connectivity index is 4.11. The van der Waals surface area contributed by atoms with Gasteiger partial charge in [0.05, 0.1) is 15.0 Å². The van der Waals surface area contributed by atoms with Crippen LogP contribution >= 0.6 is 0 Å². The van der Waals surface area contributed by atoms with Crippen molar-refractivity contribution >= 4 is 94.8 Å². The first-order valence-electron chi connectivity index (χ1n) is 23.8. The van der Waals surface area contributed by atoms with E-state index in [0.29, 0.717) is 5.92 Å². The van der Waals surface area contributed by atoms with Crippen LogP contribution in [0.15, 0.2) is 24.3 Å². The second kappa shape index (κ2) is 17.4. The third-order valence-corrected chi connectivity index (χ3v) is 131. The summed E-state index contributed by atoms with van der Waals surface area (Å²) in [7, 11) is -20.4. The van der Waals surface area contributed by atoms with Crippen LogP contribution in [0.3, 0.4) is 0 Å². The molecule has 1 atom stereocenters. The van der Waals surface area contributed by atoms with Crippen molar-refractivity contribution in [3.63, 3.8) is 0 Å².